The zero-order valence-corrected chi connectivity index (χ0v) is 20.1. The summed E-state index contributed by atoms with van der Waals surface area (Å²) in [6.45, 7) is 6.80. The molecular weight excluding hydrogens is 434 g/mol. The number of nitrogens with one attached hydrogen (secondary N) is 1. The van der Waals surface area contributed by atoms with E-state index in [9.17, 15) is 9.59 Å². The predicted molar refractivity (Wildman–Crippen MR) is 134 cm³/mol. The SMILES string of the molecule is CCCCCn1c(=O)c2ccccc2n2c(SCC(=O)Nc3c(C)cccc3CC)nnc12. The van der Waals surface area contributed by atoms with Crippen molar-refractivity contribution in [3.8, 4) is 0 Å². The van der Waals surface area contributed by atoms with E-state index in [-0.39, 0.29) is 17.2 Å². The van der Waals surface area contributed by atoms with Gasteiger partial charge in [0, 0.05) is 12.2 Å². The molecule has 1 N–H and O–H groups in total. The number of aromatic nitrogens is 4. The molecule has 0 saturated heterocycles. The lowest BCUT2D eigenvalue weighted by Gasteiger charge is -2.13. The van der Waals surface area contributed by atoms with Crippen molar-refractivity contribution < 1.29 is 4.79 Å². The number of aryl methyl sites for hydroxylation is 3. The van der Waals surface area contributed by atoms with Crippen LogP contribution in [0.15, 0.2) is 52.4 Å². The summed E-state index contributed by atoms with van der Waals surface area (Å²) in [4.78, 5) is 25.9. The highest BCUT2D eigenvalue weighted by Crippen LogP contribution is 2.24. The van der Waals surface area contributed by atoms with Crippen molar-refractivity contribution in [1.29, 1.82) is 0 Å². The van der Waals surface area contributed by atoms with Crippen LogP contribution in [-0.4, -0.2) is 30.8 Å². The third-order valence-electron chi connectivity index (χ3n) is 5.80. The van der Waals surface area contributed by atoms with Crippen molar-refractivity contribution in [3.05, 3.63) is 63.9 Å². The maximum Gasteiger partial charge on any atom is 0.262 e. The molecule has 0 aliphatic rings. The minimum absolute atomic E-state index is 0.0532. The average molecular weight is 464 g/mol. The molecule has 0 aliphatic heterocycles. The summed E-state index contributed by atoms with van der Waals surface area (Å²) >= 11 is 1.32. The van der Waals surface area contributed by atoms with E-state index in [0.29, 0.717) is 22.9 Å². The number of hydrogen-bond acceptors (Lipinski definition) is 5. The second kappa shape index (κ2) is 10.2. The summed E-state index contributed by atoms with van der Waals surface area (Å²) in [6.07, 6.45) is 3.86. The monoisotopic (exact) mass is 463 g/mol. The first-order valence-corrected chi connectivity index (χ1v) is 12.4. The number of fused-ring (bicyclic) bond motifs is 3. The number of rotatable bonds is 9. The maximum atomic E-state index is 13.1. The van der Waals surface area contributed by atoms with Crippen molar-refractivity contribution in [3.63, 3.8) is 0 Å². The number of hydrogen-bond donors (Lipinski definition) is 1. The molecule has 4 rings (SSSR count). The number of benzene rings is 2. The fourth-order valence-electron chi connectivity index (χ4n) is 4.06. The summed E-state index contributed by atoms with van der Waals surface area (Å²) in [5.41, 5.74) is 3.74. The Bertz CT molecular complexity index is 1360. The second-order valence-electron chi connectivity index (χ2n) is 8.10. The fourth-order valence-corrected chi connectivity index (χ4v) is 4.80. The van der Waals surface area contributed by atoms with Crippen LogP contribution in [0.4, 0.5) is 5.69 Å². The molecular formula is C25H29N5O2S. The van der Waals surface area contributed by atoms with Gasteiger partial charge in [-0.1, -0.05) is 68.8 Å². The molecule has 0 spiro atoms. The van der Waals surface area contributed by atoms with Crippen LogP contribution in [0.5, 0.6) is 0 Å². The smallest absolute Gasteiger partial charge is 0.262 e. The van der Waals surface area contributed by atoms with Gasteiger partial charge in [-0.3, -0.25) is 18.6 Å². The molecule has 2 heterocycles. The highest BCUT2D eigenvalue weighted by atomic mass is 32.2. The van der Waals surface area contributed by atoms with Gasteiger partial charge in [-0.15, -0.1) is 10.2 Å². The van der Waals surface area contributed by atoms with Gasteiger partial charge in [-0.2, -0.15) is 0 Å². The highest BCUT2D eigenvalue weighted by molar-refractivity contribution is 7.99. The number of nitrogens with zero attached hydrogens (tertiary/aromatic N) is 4. The lowest BCUT2D eigenvalue weighted by molar-refractivity contribution is -0.113. The Morgan fingerprint density at radius 3 is 2.67 bits per heavy atom. The average Bonchev–Trinajstić information content (AvgIpc) is 3.25. The molecule has 0 radical (unpaired) electrons. The summed E-state index contributed by atoms with van der Waals surface area (Å²) in [5, 5.41) is 13.0. The van der Waals surface area contributed by atoms with Crippen molar-refractivity contribution in [2.45, 2.75) is 58.2 Å². The molecule has 0 fully saturated rings. The van der Waals surface area contributed by atoms with E-state index in [1.165, 1.54) is 11.8 Å². The van der Waals surface area contributed by atoms with Gasteiger partial charge in [0.2, 0.25) is 11.7 Å². The van der Waals surface area contributed by atoms with Gasteiger partial charge < -0.3 is 5.32 Å². The van der Waals surface area contributed by atoms with Crippen molar-refractivity contribution in [2.24, 2.45) is 0 Å². The van der Waals surface area contributed by atoms with Gasteiger partial charge in [0.25, 0.3) is 5.56 Å². The van der Waals surface area contributed by atoms with E-state index in [1.807, 2.05) is 53.8 Å². The minimum atomic E-state index is -0.0960. The molecule has 2 aromatic heterocycles. The Kier molecular flexibility index (Phi) is 7.13. The molecule has 2 aromatic carbocycles. The Labute approximate surface area is 197 Å². The molecule has 7 nitrogen and oxygen atoms in total. The molecule has 33 heavy (non-hydrogen) atoms. The van der Waals surface area contributed by atoms with E-state index in [2.05, 4.69) is 29.4 Å². The van der Waals surface area contributed by atoms with Gasteiger partial charge in [-0.25, -0.2) is 0 Å². The van der Waals surface area contributed by atoms with Crippen LogP contribution < -0.4 is 10.9 Å². The van der Waals surface area contributed by atoms with Crippen LogP contribution >= 0.6 is 11.8 Å². The van der Waals surface area contributed by atoms with E-state index in [0.717, 1.165) is 48.0 Å². The van der Waals surface area contributed by atoms with E-state index >= 15 is 0 Å². The normalized spacial score (nSPS) is 11.4. The Morgan fingerprint density at radius 2 is 1.88 bits per heavy atom. The topological polar surface area (TPSA) is 81.3 Å². The van der Waals surface area contributed by atoms with Gasteiger partial charge >= 0.3 is 0 Å². The Hall–Kier alpha value is -3.13. The molecule has 0 aliphatic carbocycles. The van der Waals surface area contributed by atoms with Crippen molar-refractivity contribution >= 4 is 40.0 Å². The van der Waals surface area contributed by atoms with Crippen LogP contribution in [0.1, 0.15) is 44.2 Å². The lowest BCUT2D eigenvalue weighted by Crippen LogP contribution is -2.23. The first-order chi connectivity index (χ1) is 16.0. The second-order valence-corrected chi connectivity index (χ2v) is 9.04. The summed E-state index contributed by atoms with van der Waals surface area (Å²) in [6, 6.07) is 13.5. The molecule has 8 heteroatoms. The number of anilines is 1. The molecule has 172 valence electrons. The summed E-state index contributed by atoms with van der Waals surface area (Å²) < 4.78 is 3.60. The quantitative estimate of drug-likeness (QED) is 0.284. The van der Waals surface area contributed by atoms with E-state index < -0.39 is 0 Å². The van der Waals surface area contributed by atoms with Crippen LogP contribution in [0, 0.1) is 6.92 Å². The number of carbonyl (C=O) groups is 1. The van der Waals surface area contributed by atoms with Gasteiger partial charge in [0.15, 0.2) is 5.16 Å². The van der Waals surface area contributed by atoms with Gasteiger partial charge in [-0.05, 0) is 43.0 Å². The van der Waals surface area contributed by atoms with Crippen molar-refractivity contribution in [1.82, 2.24) is 19.2 Å². The van der Waals surface area contributed by atoms with Gasteiger partial charge in [0.1, 0.15) is 0 Å². The summed E-state index contributed by atoms with van der Waals surface area (Å²) in [7, 11) is 0. The molecule has 0 saturated carbocycles. The molecule has 1 amide bonds. The molecule has 0 atom stereocenters. The molecule has 0 unspecified atom stereocenters. The third-order valence-corrected chi connectivity index (χ3v) is 6.73. The first-order valence-electron chi connectivity index (χ1n) is 11.4. The predicted octanol–water partition coefficient (Wildman–Crippen LogP) is 4.84. The standard InChI is InChI=1S/C25H29N5O2S/c1-4-6-9-15-29-23(32)19-13-7-8-14-20(19)30-24(29)27-28-25(30)33-16-21(31)26-22-17(3)11-10-12-18(22)5-2/h7-8,10-14H,4-6,9,15-16H2,1-3H3,(H,26,31). The third kappa shape index (κ3) is 4.66. The number of para-hydroxylation sites is 2. The maximum absolute atomic E-state index is 13.1. The Balaban J connectivity index is 1.64. The number of unbranched alkanes of at least 4 members (excludes halogenated alkanes) is 2. The van der Waals surface area contributed by atoms with E-state index in [1.54, 1.807) is 4.57 Å². The van der Waals surface area contributed by atoms with Crippen LogP contribution in [0.25, 0.3) is 16.7 Å². The van der Waals surface area contributed by atoms with Gasteiger partial charge in [0.05, 0.1) is 16.7 Å². The summed E-state index contributed by atoms with van der Waals surface area (Å²) in [5.74, 6) is 0.618. The zero-order chi connectivity index (χ0) is 23.4. The highest BCUT2D eigenvalue weighted by Gasteiger charge is 2.18. The molecule has 4 aromatic rings. The minimum Gasteiger partial charge on any atom is -0.325 e. The van der Waals surface area contributed by atoms with Crippen molar-refractivity contribution in [2.75, 3.05) is 11.1 Å². The van der Waals surface area contributed by atoms with Crippen LogP contribution in [0.2, 0.25) is 0 Å². The largest absolute Gasteiger partial charge is 0.325 e. The fraction of sp³-hybridized carbons (Fsp3) is 0.360. The lowest BCUT2D eigenvalue weighted by atomic mass is 10.1. The first kappa shape index (κ1) is 23.0. The number of amides is 1. The van der Waals surface area contributed by atoms with E-state index in [4.69, 9.17) is 0 Å². The number of carbonyl (C=O) groups excluding carboxylic acids is 1. The van der Waals surface area contributed by atoms with Crippen LogP contribution in [0.3, 0.4) is 0 Å². The number of thioether (sulfide) groups is 1. The molecule has 0 bridgehead atoms. The zero-order valence-electron chi connectivity index (χ0n) is 19.3. The Morgan fingerprint density at radius 1 is 1.06 bits per heavy atom. The van der Waals surface area contributed by atoms with Crippen LogP contribution in [-0.2, 0) is 17.8 Å².